The maximum atomic E-state index is 11.9. The lowest BCUT2D eigenvalue weighted by Gasteiger charge is -2.25. The molecule has 5 nitrogen and oxygen atoms in total. The highest BCUT2D eigenvalue weighted by molar-refractivity contribution is 7.98. The number of hydrogen-bond acceptors (Lipinski definition) is 4. The first-order valence-electron chi connectivity index (χ1n) is 6.25. The van der Waals surface area contributed by atoms with E-state index in [1.165, 1.54) is 4.90 Å². The molecular formula is C12H26ClN3O2S. The number of halogens is 1. The first kappa shape index (κ1) is 20.8. The van der Waals surface area contributed by atoms with E-state index in [-0.39, 0.29) is 30.8 Å². The van der Waals surface area contributed by atoms with Crippen LogP contribution < -0.4 is 5.73 Å². The molecule has 0 aromatic carbocycles. The second kappa shape index (κ2) is 11.4. The van der Waals surface area contributed by atoms with Gasteiger partial charge in [0.05, 0.1) is 12.6 Å². The summed E-state index contributed by atoms with van der Waals surface area (Å²) in [5, 5.41) is 0. The van der Waals surface area contributed by atoms with Gasteiger partial charge in [0.25, 0.3) is 0 Å². The maximum Gasteiger partial charge on any atom is 0.242 e. The van der Waals surface area contributed by atoms with Crippen molar-refractivity contribution in [2.75, 3.05) is 38.7 Å². The molecule has 0 unspecified atom stereocenters. The van der Waals surface area contributed by atoms with Crippen molar-refractivity contribution in [2.24, 2.45) is 5.73 Å². The number of carbonyl (C=O) groups excluding carboxylic acids is 2. The Morgan fingerprint density at radius 3 is 2.21 bits per heavy atom. The van der Waals surface area contributed by atoms with E-state index in [2.05, 4.69) is 0 Å². The van der Waals surface area contributed by atoms with Crippen molar-refractivity contribution in [1.82, 2.24) is 9.80 Å². The average molecular weight is 312 g/mol. The van der Waals surface area contributed by atoms with Gasteiger partial charge in [-0.1, -0.05) is 0 Å². The van der Waals surface area contributed by atoms with E-state index in [1.54, 1.807) is 23.7 Å². The van der Waals surface area contributed by atoms with Crippen LogP contribution in [0.5, 0.6) is 0 Å². The van der Waals surface area contributed by atoms with Crippen LogP contribution in [0.3, 0.4) is 0 Å². The van der Waals surface area contributed by atoms with Gasteiger partial charge in [-0.3, -0.25) is 9.59 Å². The fraction of sp³-hybridized carbons (Fsp3) is 0.833. The Balaban J connectivity index is 0. The molecule has 0 aliphatic rings. The van der Waals surface area contributed by atoms with Gasteiger partial charge in [0.15, 0.2) is 0 Å². The highest BCUT2D eigenvalue weighted by atomic mass is 35.5. The molecule has 7 heteroatoms. The van der Waals surface area contributed by atoms with E-state index >= 15 is 0 Å². The summed E-state index contributed by atoms with van der Waals surface area (Å²) in [5.74, 6) is 0.655. The standard InChI is InChI=1S/C12H25N3O2S.ClH/c1-5-15(6-2)11(16)9-14(3)12(17)10(13)7-8-18-4;/h10H,5-9,13H2,1-4H3;1H/t10-;/m0./s1. The van der Waals surface area contributed by atoms with Gasteiger partial charge >= 0.3 is 0 Å². The van der Waals surface area contributed by atoms with Gasteiger partial charge in [-0.15, -0.1) is 12.4 Å². The first-order chi connectivity index (χ1) is 8.47. The van der Waals surface area contributed by atoms with Crippen molar-refractivity contribution in [2.45, 2.75) is 26.3 Å². The maximum absolute atomic E-state index is 11.9. The minimum absolute atomic E-state index is 0. The fourth-order valence-corrected chi connectivity index (χ4v) is 2.10. The summed E-state index contributed by atoms with van der Waals surface area (Å²) in [5.41, 5.74) is 5.79. The molecule has 0 aliphatic heterocycles. The molecule has 0 aromatic rings. The number of nitrogens with two attached hydrogens (primary N) is 1. The lowest BCUT2D eigenvalue weighted by atomic mass is 10.2. The summed E-state index contributed by atoms with van der Waals surface area (Å²) in [4.78, 5) is 26.9. The number of likely N-dealkylation sites (N-methyl/N-ethyl adjacent to an activating group) is 2. The molecule has 0 aromatic heterocycles. The predicted molar refractivity (Wildman–Crippen MR) is 83.8 cm³/mol. The number of thioether (sulfide) groups is 1. The van der Waals surface area contributed by atoms with Crippen LogP contribution in [0.25, 0.3) is 0 Å². The molecule has 0 heterocycles. The molecule has 1 atom stereocenters. The Labute approximate surface area is 126 Å². The number of hydrogen-bond donors (Lipinski definition) is 1. The van der Waals surface area contributed by atoms with E-state index in [0.717, 1.165) is 5.75 Å². The number of rotatable bonds is 8. The van der Waals surface area contributed by atoms with Gasteiger partial charge < -0.3 is 15.5 Å². The topological polar surface area (TPSA) is 66.6 Å². The van der Waals surface area contributed by atoms with Crippen LogP contribution >= 0.6 is 24.2 Å². The SMILES string of the molecule is CCN(CC)C(=O)CN(C)C(=O)[C@@H](N)CCSC.Cl. The van der Waals surface area contributed by atoms with Crippen LogP contribution in [0.1, 0.15) is 20.3 Å². The summed E-state index contributed by atoms with van der Waals surface area (Å²) in [6, 6.07) is -0.507. The lowest BCUT2D eigenvalue weighted by Crippen LogP contribution is -2.47. The Bertz CT molecular complexity index is 276. The molecule has 0 spiro atoms. The first-order valence-corrected chi connectivity index (χ1v) is 7.64. The second-order valence-corrected chi connectivity index (χ2v) is 5.13. The highest BCUT2D eigenvalue weighted by Gasteiger charge is 2.21. The van der Waals surface area contributed by atoms with Gasteiger partial charge in [0.2, 0.25) is 11.8 Å². The number of amides is 2. The van der Waals surface area contributed by atoms with Crippen LogP contribution in [0.4, 0.5) is 0 Å². The summed E-state index contributed by atoms with van der Waals surface area (Å²) in [7, 11) is 1.63. The zero-order valence-electron chi connectivity index (χ0n) is 12.2. The largest absolute Gasteiger partial charge is 0.342 e. The minimum Gasteiger partial charge on any atom is -0.342 e. The van der Waals surface area contributed by atoms with E-state index in [4.69, 9.17) is 5.73 Å². The van der Waals surface area contributed by atoms with Crippen LogP contribution in [-0.2, 0) is 9.59 Å². The van der Waals surface area contributed by atoms with Gasteiger partial charge in [0.1, 0.15) is 0 Å². The zero-order valence-corrected chi connectivity index (χ0v) is 13.9. The van der Waals surface area contributed by atoms with Crippen molar-refractivity contribution in [1.29, 1.82) is 0 Å². The van der Waals surface area contributed by atoms with E-state index in [9.17, 15) is 9.59 Å². The molecule has 0 aliphatic carbocycles. The Morgan fingerprint density at radius 2 is 1.79 bits per heavy atom. The molecule has 0 fully saturated rings. The lowest BCUT2D eigenvalue weighted by molar-refractivity contribution is -0.139. The predicted octanol–water partition coefficient (Wildman–Crippen LogP) is 0.815. The summed E-state index contributed by atoms with van der Waals surface area (Å²) >= 11 is 1.66. The molecule has 0 saturated heterocycles. The molecule has 0 radical (unpaired) electrons. The third-order valence-electron chi connectivity index (χ3n) is 2.81. The van der Waals surface area contributed by atoms with Gasteiger partial charge in [-0.25, -0.2) is 0 Å². The van der Waals surface area contributed by atoms with Crippen molar-refractivity contribution >= 4 is 36.0 Å². The molecule has 0 bridgehead atoms. The van der Waals surface area contributed by atoms with Gasteiger partial charge in [0, 0.05) is 20.1 Å². The van der Waals surface area contributed by atoms with Crippen molar-refractivity contribution < 1.29 is 9.59 Å². The number of carbonyl (C=O) groups is 2. The Morgan fingerprint density at radius 1 is 1.26 bits per heavy atom. The molecule has 19 heavy (non-hydrogen) atoms. The van der Waals surface area contributed by atoms with Crippen molar-refractivity contribution in [3.63, 3.8) is 0 Å². The van der Waals surface area contributed by atoms with Crippen molar-refractivity contribution in [3.8, 4) is 0 Å². The molecule has 2 N–H and O–H groups in total. The number of nitrogens with zero attached hydrogens (tertiary/aromatic N) is 2. The van der Waals surface area contributed by atoms with Gasteiger partial charge in [-0.05, 0) is 32.3 Å². The molecule has 114 valence electrons. The summed E-state index contributed by atoms with van der Waals surface area (Å²) in [6.45, 7) is 5.28. The van der Waals surface area contributed by atoms with Gasteiger partial charge in [-0.2, -0.15) is 11.8 Å². The minimum atomic E-state index is -0.507. The molecule has 2 amide bonds. The fourth-order valence-electron chi connectivity index (χ4n) is 1.61. The third kappa shape index (κ3) is 7.64. The monoisotopic (exact) mass is 311 g/mol. The van der Waals surface area contributed by atoms with Crippen LogP contribution in [0.2, 0.25) is 0 Å². The van der Waals surface area contributed by atoms with E-state index in [0.29, 0.717) is 19.5 Å². The summed E-state index contributed by atoms with van der Waals surface area (Å²) < 4.78 is 0. The quantitative estimate of drug-likeness (QED) is 0.720. The average Bonchev–Trinajstić information content (AvgIpc) is 2.36. The van der Waals surface area contributed by atoms with Crippen molar-refractivity contribution in [3.05, 3.63) is 0 Å². The zero-order chi connectivity index (χ0) is 14.1. The second-order valence-electron chi connectivity index (χ2n) is 4.15. The van der Waals surface area contributed by atoms with E-state index in [1.807, 2.05) is 20.1 Å². The van der Waals surface area contributed by atoms with Crippen LogP contribution in [-0.4, -0.2) is 66.3 Å². The third-order valence-corrected chi connectivity index (χ3v) is 3.46. The highest BCUT2D eigenvalue weighted by Crippen LogP contribution is 2.02. The Kier molecular flexibility index (Phi) is 12.5. The smallest absolute Gasteiger partial charge is 0.242 e. The summed E-state index contributed by atoms with van der Waals surface area (Å²) in [6.07, 6.45) is 2.62. The molecule has 0 saturated carbocycles. The van der Waals surface area contributed by atoms with Crippen LogP contribution in [0.15, 0.2) is 0 Å². The Hall–Kier alpha value is -0.460. The van der Waals surface area contributed by atoms with Crippen LogP contribution in [0, 0.1) is 0 Å². The normalized spacial score (nSPS) is 11.4. The molecular weight excluding hydrogens is 286 g/mol. The molecule has 0 rings (SSSR count). The van der Waals surface area contributed by atoms with E-state index < -0.39 is 6.04 Å².